The third-order valence-corrected chi connectivity index (χ3v) is 3.60. The Morgan fingerprint density at radius 2 is 1.81 bits per heavy atom. The van der Waals surface area contributed by atoms with Crippen LogP contribution in [0.3, 0.4) is 0 Å². The van der Waals surface area contributed by atoms with Gasteiger partial charge in [0.25, 0.3) is 0 Å². The van der Waals surface area contributed by atoms with E-state index in [2.05, 4.69) is 11.4 Å². The molecular formula is C18H20N2O. The molecule has 0 aliphatic heterocycles. The molecule has 0 bridgehead atoms. The minimum atomic E-state index is -0.479. The van der Waals surface area contributed by atoms with Gasteiger partial charge in [0.05, 0.1) is 11.5 Å². The molecule has 0 aliphatic carbocycles. The predicted octanol–water partition coefficient (Wildman–Crippen LogP) is 4.11. The van der Waals surface area contributed by atoms with Gasteiger partial charge < -0.3 is 10.4 Å². The summed E-state index contributed by atoms with van der Waals surface area (Å²) in [5.74, 6) is 0.301. The summed E-state index contributed by atoms with van der Waals surface area (Å²) in [5, 5.41) is 22.2. The standard InChI is InChI=1S/C18H20N2O/c1-13-4-9-17(21)14(10-13)11-20-16-7-5-15(6-8-16)18(2,3)12-19/h4-10,20-21H,11H2,1-3H3. The van der Waals surface area contributed by atoms with E-state index in [0.717, 1.165) is 22.4 Å². The summed E-state index contributed by atoms with van der Waals surface area (Å²) in [6.07, 6.45) is 0. The van der Waals surface area contributed by atoms with Crippen molar-refractivity contribution in [3.8, 4) is 11.8 Å². The zero-order chi connectivity index (χ0) is 15.5. The number of rotatable bonds is 4. The summed E-state index contributed by atoms with van der Waals surface area (Å²) in [4.78, 5) is 0. The lowest BCUT2D eigenvalue weighted by Crippen LogP contribution is -2.13. The number of hydrogen-bond acceptors (Lipinski definition) is 3. The van der Waals surface area contributed by atoms with Crippen LogP contribution in [0.5, 0.6) is 5.75 Å². The molecule has 0 fully saturated rings. The maximum absolute atomic E-state index is 9.82. The molecule has 108 valence electrons. The molecule has 0 saturated carbocycles. The lowest BCUT2D eigenvalue weighted by atomic mass is 9.86. The summed E-state index contributed by atoms with van der Waals surface area (Å²) < 4.78 is 0. The van der Waals surface area contributed by atoms with Crippen LogP contribution in [-0.2, 0) is 12.0 Å². The molecule has 2 N–H and O–H groups in total. The first-order valence-corrected chi connectivity index (χ1v) is 6.96. The summed E-state index contributed by atoms with van der Waals surface area (Å²) in [6.45, 7) is 6.37. The van der Waals surface area contributed by atoms with Gasteiger partial charge in [0.1, 0.15) is 5.75 Å². The molecule has 3 heteroatoms. The Bertz CT molecular complexity index is 667. The Kier molecular flexibility index (Phi) is 4.18. The molecule has 0 heterocycles. The van der Waals surface area contributed by atoms with Crippen LogP contribution >= 0.6 is 0 Å². The fourth-order valence-corrected chi connectivity index (χ4v) is 2.12. The first-order chi connectivity index (χ1) is 9.92. The van der Waals surface area contributed by atoms with Gasteiger partial charge in [-0.25, -0.2) is 0 Å². The monoisotopic (exact) mass is 280 g/mol. The molecule has 0 atom stereocenters. The molecule has 0 aliphatic rings. The zero-order valence-electron chi connectivity index (χ0n) is 12.6. The smallest absolute Gasteiger partial charge is 0.120 e. The molecule has 0 spiro atoms. The van der Waals surface area contributed by atoms with Crippen LogP contribution in [0.2, 0.25) is 0 Å². The van der Waals surface area contributed by atoms with Crippen LogP contribution in [0, 0.1) is 18.3 Å². The first-order valence-electron chi connectivity index (χ1n) is 6.96. The number of phenols is 1. The van der Waals surface area contributed by atoms with Crippen molar-refractivity contribution in [1.29, 1.82) is 5.26 Å². The van der Waals surface area contributed by atoms with E-state index in [0.29, 0.717) is 12.3 Å². The van der Waals surface area contributed by atoms with Gasteiger partial charge in [-0.1, -0.05) is 29.8 Å². The Labute approximate surface area is 125 Å². The number of nitrogens with zero attached hydrogens (tertiary/aromatic N) is 1. The van der Waals surface area contributed by atoms with E-state index in [1.807, 2.05) is 57.2 Å². The van der Waals surface area contributed by atoms with E-state index in [4.69, 9.17) is 5.26 Å². The molecule has 0 aromatic heterocycles. The van der Waals surface area contributed by atoms with Crippen molar-refractivity contribution < 1.29 is 5.11 Å². The number of anilines is 1. The molecule has 3 nitrogen and oxygen atoms in total. The second kappa shape index (κ2) is 5.88. The lowest BCUT2D eigenvalue weighted by Gasteiger charge is -2.16. The second-order valence-electron chi connectivity index (χ2n) is 5.80. The van der Waals surface area contributed by atoms with Crippen molar-refractivity contribution in [3.63, 3.8) is 0 Å². The molecule has 2 rings (SSSR count). The topological polar surface area (TPSA) is 56.0 Å². The number of hydrogen-bond donors (Lipinski definition) is 2. The van der Waals surface area contributed by atoms with Crippen molar-refractivity contribution >= 4 is 5.69 Å². The molecule has 21 heavy (non-hydrogen) atoms. The highest BCUT2D eigenvalue weighted by Gasteiger charge is 2.18. The van der Waals surface area contributed by atoms with Gasteiger partial charge in [0.2, 0.25) is 0 Å². The third-order valence-electron chi connectivity index (χ3n) is 3.60. The molecule has 0 saturated heterocycles. The van der Waals surface area contributed by atoms with Gasteiger partial charge in [-0.05, 0) is 44.5 Å². The second-order valence-corrected chi connectivity index (χ2v) is 5.80. The molecule has 0 radical (unpaired) electrons. The van der Waals surface area contributed by atoms with Crippen LogP contribution in [0.4, 0.5) is 5.69 Å². The number of aromatic hydroxyl groups is 1. The van der Waals surface area contributed by atoms with E-state index in [-0.39, 0.29) is 0 Å². The Balaban J connectivity index is 2.08. The maximum atomic E-state index is 9.82. The van der Waals surface area contributed by atoms with Crippen molar-refractivity contribution in [2.75, 3.05) is 5.32 Å². The normalized spacial score (nSPS) is 11.0. The highest BCUT2D eigenvalue weighted by Crippen LogP contribution is 2.24. The summed E-state index contributed by atoms with van der Waals surface area (Å²) in [6, 6.07) is 15.7. The van der Waals surface area contributed by atoms with Crippen LogP contribution in [0.15, 0.2) is 42.5 Å². The molecule has 2 aromatic carbocycles. The van der Waals surface area contributed by atoms with Crippen molar-refractivity contribution in [1.82, 2.24) is 0 Å². The van der Waals surface area contributed by atoms with E-state index in [1.165, 1.54) is 0 Å². The Morgan fingerprint density at radius 3 is 2.43 bits per heavy atom. The average molecular weight is 280 g/mol. The van der Waals surface area contributed by atoms with E-state index >= 15 is 0 Å². The Morgan fingerprint density at radius 1 is 1.14 bits per heavy atom. The van der Waals surface area contributed by atoms with Gasteiger partial charge in [0, 0.05) is 17.8 Å². The highest BCUT2D eigenvalue weighted by atomic mass is 16.3. The van der Waals surface area contributed by atoms with Gasteiger partial charge in [-0.3, -0.25) is 0 Å². The third kappa shape index (κ3) is 3.55. The van der Waals surface area contributed by atoms with Gasteiger partial charge in [-0.15, -0.1) is 0 Å². The number of nitriles is 1. The summed E-state index contributed by atoms with van der Waals surface area (Å²) in [5.41, 5.74) is 3.47. The SMILES string of the molecule is Cc1ccc(O)c(CNc2ccc(C(C)(C)C#N)cc2)c1. The van der Waals surface area contributed by atoms with E-state index in [1.54, 1.807) is 6.07 Å². The quantitative estimate of drug-likeness (QED) is 0.886. The number of benzene rings is 2. The van der Waals surface area contributed by atoms with Crippen LogP contribution in [0.25, 0.3) is 0 Å². The predicted molar refractivity (Wildman–Crippen MR) is 85.3 cm³/mol. The van der Waals surface area contributed by atoms with Gasteiger partial charge in [0.15, 0.2) is 0 Å². The summed E-state index contributed by atoms with van der Waals surface area (Å²) >= 11 is 0. The number of phenolic OH excluding ortho intramolecular Hbond substituents is 1. The summed E-state index contributed by atoms with van der Waals surface area (Å²) in [7, 11) is 0. The van der Waals surface area contributed by atoms with E-state index in [9.17, 15) is 5.11 Å². The molecule has 0 unspecified atom stereocenters. The number of aryl methyl sites for hydroxylation is 1. The first kappa shape index (κ1) is 14.9. The van der Waals surface area contributed by atoms with Crippen LogP contribution in [0.1, 0.15) is 30.5 Å². The molecule has 0 amide bonds. The van der Waals surface area contributed by atoms with E-state index < -0.39 is 5.41 Å². The minimum absolute atomic E-state index is 0.301. The number of nitrogens with one attached hydrogen (secondary N) is 1. The van der Waals surface area contributed by atoms with Crippen LogP contribution < -0.4 is 5.32 Å². The fraction of sp³-hybridized carbons (Fsp3) is 0.278. The maximum Gasteiger partial charge on any atom is 0.120 e. The lowest BCUT2D eigenvalue weighted by molar-refractivity contribution is 0.469. The van der Waals surface area contributed by atoms with Crippen molar-refractivity contribution in [3.05, 3.63) is 59.2 Å². The Hall–Kier alpha value is -2.47. The van der Waals surface area contributed by atoms with Gasteiger partial charge >= 0.3 is 0 Å². The van der Waals surface area contributed by atoms with Crippen molar-refractivity contribution in [2.45, 2.75) is 32.7 Å². The minimum Gasteiger partial charge on any atom is -0.508 e. The highest BCUT2D eigenvalue weighted by molar-refractivity contribution is 5.48. The molecule has 2 aromatic rings. The van der Waals surface area contributed by atoms with Crippen molar-refractivity contribution in [2.24, 2.45) is 0 Å². The van der Waals surface area contributed by atoms with Gasteiger partial charge in [-0.2, -0.15) is 5.26 Å². The zero-order valence-corrected chi connectivity index (χ0v) is 12.6. The van der Waals surface area contributed by atoms with Crippen LogP contribution in [-0.4, -0.2) is 5.11 Å². The largest absolute Gasteiger partial charge is 0.508 e. The molecular weight excluding hydrogens is 260 g/mol. The average Bonchev–Trinajstić information content (AvgIpc) is 2.48. The fourth-order valence-electron chi connectivity index (χ4n) is 2.12.